The molecule has 0 atom stereocenters. The van der Waals surface area contributed by atoms with Gasteiger partial charge in [0, 0.05) is 10.6 Å². The Morgan fingerprint density at radius 1 is 1.19 bits per heavy atom. The monoisotopic (exact) mass is 492 g/mol. The number of nitrogens with zero attached hydrogens (tertiary/aromatic N) is 2. The maximum absolute atomic E-state index is 13.4. The zero-order valence-electron chi connectivity index (χ0n) is 12.8. The zero-order chi connectivity index (χ0) is 19.1. The van der Waals surface area contributed by atoms with Crippen molar-refractivity contribution in [2.75, 3.05) is 5.01 Å². The van der Waals surface area contributed by atoms with E-state index in [-0.39, 0.29) is 22.0 Å². The molecule has 2 aromatic rings. The lowest BCUT2D eigenvalue weighted by Crippen LogP contribution is -2.25. The molecule has 1 aliphatic heterocycles. The summed E-state index contributed by atoms with van der Waals surface area (Å²) in [7, 11) is 0. The molecule has 26 heavy (non-hydrogen) atoms. The van der Waals surface area contributed by atoms with Crippen LogP contribution in [-0.4, -0.2) is 22.9 Å². The van der Waals surface area contributed by atoms with Crippen molar-refractivity contribution in [1.29, 1.82) is 0 Å². The van der Waals surface area contributed by atoms with Crippen molar-refractivity contribution in [2.45, 2.75) is 6.18 Å². The fourth-order valence-electron chi connectivity index (χ4n) is 2.35. The first kappa shape index (κ1) is 18.7. The molecule has 4 nitrogen and oxygen atoms in total. The molecule has 0 aliphatic carbocycles. The van der Waals surface area contributed by atoms with Crippen LogP contribution in [-0.2, 0) is 4.79 Å². The second kappa shape index (κ2) is 6.92. The predicted octanol–water partition coefficient (Wildman–Crippen LogP) is 5.00. The lowest BCUT2D eigenvalue weighted by atomic mass is 10.1. The number of hydrogen-bond donors (Lipinski definition) is 1. The summed E-state index contributed by atoms with van der Waals surface area (Å²) in [4.78, 5) is 12.6. The van der Waals surface area contributed by atoms with Gasteiger partial charge in [-0.25, -0.2) is 0 Å². The number of carbonyl (C=O) groups is 1. The van der Waals surface area contributed by atoms with Crippen molar-refractivity contribution in [3.63, 3.8) is 0 Å². The molecule has 0 fully saturated rings. The van der Waals surface area contributed by atoms with Gasteiger partial charge in [-0.2, -0.15) is 23.3 Å². The first-order valence-corrected chi connectivity index (χ1v) is 8.59. The summed E-state index contributed by atoms with van der Waals surface area (Å²) in [5, 5.41) is 14.4. The molecular formula is C17H9ClF3IN2O2. The van der Waals surface area contributed by atoms with Crippen molar-refractivity contribution in [3.8, 4) is 5.75 Å². The van der Waals surface area contributed by atoms with Crippen LogP contribution in [0.15, 0.2) is 53.1 Å². The third-order valence-electron chi connectivity index (χ3n) is 3.50. The number of phenols is 1. The summed E-state index contributed by atoms with van der Waals surface area (Å²) in [6.45, 7) is 0. The first-order chi connectivity index (χ1) is 12.2. The average Bonchev–Trinajstić information content (AvgIpc) is 2.90. The Morgan fingerprint density at radius 3 is 2.46 bits per heavy atom. The van der Waals surface area contributed by atoms with E-state index in [1.54, 1.807) is 40.8 Å². The van der Waals surface area contributed by atoms with E-state index in [1.165, 1.54) is 24.3 Å². The van der Waals surface area contributed by atoms with E-state index < -0.39 is 23.4 Å². The Hall–Kier alpha value is -2.07. The van der Waals surface area contributed by atoms with Crippen LogP contribution in [0.2, 0.25) is 5.02 Å². The highest BCUT2D eigenvalue weighted by Gasteiger charge is 2.46. The molecule has 9 heteroatoms. The van der Waals surface area contributed by atoms with Crippen LogP contribution in [0.25, 0.3) is 6.08 Å². The number of benzene rings is 2. The lowest BCUT2D eigenvalue weighted by molar-refractivity contribution is -0.114. The van der Waals surface area contributed by atoms with Gasteiger partial charge in [0.05, 0.1) is 14.8 Å². The summed E-state index contributed by atoms with van der Waals surface area (Å²) in [6.07, 6.45) is -3.90. The highest BCUT2D eigenvalue weighted by Crippen LogP contribution is 2.35. The number of rotatable bonds is 2. The number of anilines is 1. The van der Waals surface area contributed by atoms with Crippen LogP contribution in [0.5, 0.6) is 5.75 Å². The van der Waals surface area contributed by atoms with E-state index in [0.717, 1.165) is 6.08 Å². The van der Waals surface area contributed by atoms with Gasteiger partial charge in [-0.1, -0.05) is 29.8 Å². The van der Waals surface area contributed by atoms with Crippen molar-refractivity contribution in [3.05, 3.63) is 62.2 Å². The molecule has 3 rings (SSSR count). The topological polar surface area (TPSA) is 52.9 Å². The minimum atomic E-state index is -4.84. The SMILES string of the molecule is O=C1/C(=C\c2cc(Cl)cc(I)c2O)C(C(F)(F)F)=NN1c1ccccc1. The van der Waals surface area contributed by atoms with Gasteiger partial charge in [-0.3, -0.25) is 4.79 Å². The Bertz CT molecular complexity index is 943. The van der Waals surface area contributed by atoms with Gasteiger partial charge < -0.3 is 5.11 Å². The van der Waals surface area contributed by atoms with E-state index in [0.29, 0.717) is 8.58 Å². The molecule has 0 aromatic heterocycles. The highest BCUT2D eigenvalue weighted by atomic mass is 127. The van der Waals surface area contributed by atoms with Crippen LogP contribution in [0.4, 0.5) is 18.9 Å². The second-order valence-electron chi connectivity index (χ2n) is 5.28. The molecule has 0 spiro atoms. The van der Waals surface area contributed by atoms with Gasteiger partial charge in [0.2, 0.25) is 0 Å². The third kappa shape index (κ3) is 3.56. The molecule has 0 radical (unpaired) electrons. The summed E-state index contributed by atoms with van der Waals surface area (Å²) < 4.78 is 40.5. The second-order valence-corrected chi connectivity index (χ2v) is 6.88. The minimum absolute atomic E-state index is 0.00267. The lowest BCUT2D eigenvalue weighted by Gasteiger charge is -2.11. The fraction of sp³-hybridized carbons (Fsp3) is 0.0588. The van der Waals surface area contributed by atoms with Gasteiger partial charge in [-0.05, 0) is 52.9 Å². The quantitative estimate of drug-likeness (QED) is 0.474. The van der Waals surface area contributed by atoms with Crippen LogP contribution in [0.3, 0.4) is 0 Å². The van der Waals surface area contributed by atoms with Gasteiger partial charge in [0.15, 0.2) is 5.71 Å². The molecule has 0 bridgehead atoms. The number of aromatic hydroxyl groups is 1. The summed E-state index contributed by atoms with van der Waals surface area (Å²) in [5.74, 6) is -1.21. The normalized spacial score (nSPS) is 16.3. The number of halogens is 5. The Morgan fingerprint density at radius 2 is 1.85 bits per heavy atom. The van der Waals surface area contributed by atoms with Crippen LogP contribution >= 0.6 is 34.2 Å². The molecule has 1 N–H and O–H groups in total. The third-order valence-corrected chi connectivity index (χ3v) is 4.55. The van der Waals surface area contributed by atoms with Gasteiger partial charge in [0.25, 0.3) is 5.91 Å². The van der Waals surface area contributed by atoms with E-state index in [9.17, 15) is 23.1 Å². The minimum Gasteiger partial charge on any atom is -0.506 e. The number of hydrazone groups is 1. The molecule has 2 aromatic carbocycles. The van der Waals surface area contributed by atoms with Crippen molar-refractivity contribution < 1.29 is 23.1 Å². The number of hydrogen-bond acceptors (Lipinski definition) is 3. The van der Waals surface area contributed by atoms with E-state index in [4.69, 9.17) is 11.6 Å². The number of carbonyl (C=O) groups excluding carboxylic acids is 1. The van der Waals surface area contributed by atoms with Gasteiger partial charge in [0.1, 0.15) is 5.75 Å². The Balaban J connectivity index is 2.14. The van der Waals surface area contributed by atoms with Crippen molar-refractivity contribution in [2.24, 2.45) is 5.10 Å². The van der Waals surface area contributed by atoms with Crippen molar-refractivity contribution in [1.82, 2.24) is 0 Å². The zero-order valence-corrected chi connectivity index (χ0v) is 15.7. The number of alkyl halides is 3. The maximum Gasteiger partial charge on any atom is 0.435 e. The molecule has 0 saturated heterocycles. The first-order valence-electron chi connectivity index (χ1n) is 7.14. The number of phenolic OH excluding ortho intramolecular Hbond substituents is 1. The smallest absolute Gasteiger partial charge is 0.435 e. The van der Waals surface area contributed by atoms with E-state index in [1.807, 2.05) is 0 Å². The van der Waals surface area contributed by atoms with Crippen LogP contribution < -0.4 is 5.01 Å². The summed E-state index contributed by atoms with van der Waals surface area (Å²) >= 11 is 7.69. The van der Waals surface area contributed by atoms with Crippen LogP contribution in [0, 0.1) is 3.57 Å². The highest BCUT2D eigenvalue weighted by molar-refractivity contribution is 14.1. The van der Waals surface area contributed by atoms with Gasteiger partial charge in [-0.15, -0.1) is 0 Å². The summed E-state index contributed by atoms with van der Waals surface area (Å²) in [5.41, 5.74) is -1.81. The molecule has 1 amide bonds. The van der Waals surface area contributed by atoms with Crippen molar-refractivity contribution >= 4 is 57.6 Å². The van der Waals surface area contributed by atoms with E-state index >= 15 is 0 Å². The van der Waals surface area contributed by atoms with E-state index in [2.05, 4.69) is 5.10 Å². The molecular weight excluding hydrogens is 484 g/mol. The molecule has 1 heterocycles. The Labute approximate surface area is 164 Å². The molecule has 0 unspecified atom stereocenters. The number of amides is 1. The van der Waals surface area contributed by atoms with Crippen LogP contribution in [0.1, 0.15) is 5.56 Å². The summed E-state index contributed by atoms with van der Waals surface area (Å²) in [6, 6.07) is 10.5. The largest absolute Gasteiger partial charge is 0.506 e. The molecule has 1 aliphatic rings. The predicted molar refractivity (Wildman–Crippen MR) is 101 cm³/mol. The number of para-hydroxylation sites is 1. The maximum atomic E-state index is 13.4. The Kier molecular flexibility index (Phi) is 4.98. The standard InChI is InChI=1S/C17H9ClF3IN2O2/c18-10-6-9(14(25)13(22)8-10)7-12-15(17(19,20)21)23-24(16(12)26)11-4-2-1-3-5-11/h1-8,25H/b12-7-. The fourth-order valence-corrected chi connectivity index (χ4v) is 3.41. The molecule has 0 saturated carbocycles. The van der Waals surface area contributed by atoms with Gasteiger partial charge >= 0.3 is 6.18 Å². The average molecular weight is 493 g/mol. The molecule has 134 valence electrons.